The lowest BCUT2D eigenvalue weighted by Gasteiger charge is -2.62. The molecule has 4 saturated heterocycles. The number of Topliss-reactive ketones (excluding diaryl/α,β-unsaturated/α-hetero) is 1. The first-order chi connectivity index (χ1) is 24.1. The summed E-state index contributed by atoms with van der Waals surface area (Å²) >= 11 is 0. The minimum Gasteiger partial charge on any atom is -0.388 e. The molecule has 5 N–H and O–H groups in total. The van der Waals surface area contributed by atoms with E-state index in [1.165, 1.54) is 0 Å². The third kappa shape index (κ3) is 5.75. The van der Waals surface area contributed by atoms with Crippen molar-refractivity contribution in [1.29, 1.82) is 0 Å². The van der Waals surface area contributed by atoms with E-state index in [9.17, 15) is 30.3 Å². The summed E-state index contributed by atoms with van der Waals surface area (Å²) in [7, 11) is 0. The minimum absolute atomic E-state index is 0.0420. The maximum absolute atomic E-state index is 13.1. The Balaban J connectivity index is 1.04. The van der Waals surface area contributed by atoms with Gasteiger partial charge in [-0.05, 0) is 98.7 Å². The second-order valence-corrected chi connectivity index (χ2v) is 18.6. The van der Waals surface area contributed by atoms with Crippen molar-refractivity contribution in [2.75, 3.05) is 6.61 Å². The molecule has 4 aliphatic heterocycles. The molecule has 4 saturated carbocycles. The Labute approximate surface area is 301 Å². The Morgan fingerprint density at radius 2 is 1.43 bits per heavy atom. The van der Waals surface area contributed by atoms with Crippen molar-refractivity contribution in [3.63, 3.8) is 0 Å². The van der Waals surface area contributed by atoms with Crippen LogP contribution in [0.25, 0.3) is 0 Å². The van der Waals surface area contributed by atoms with Gasteiger partial charge in [0, 0.05) is 25.2 Å². The molecule has 22 unspecified atom stereocenters. The molecule has 4 heterocycles. The third-order valence-corrected chi connectivity index (χ3v) is 15.9. The van der Waals surface area contributed by atoms with Crippen LogP contribution in [0.15, 0.2) is 0 Å². The highest BCUT2D eigenvalue weighted by Gasteiger charge is 2.70. The number of ketones is 1. The van der Waals surface area contributed by atoms with Crippen molar-refractivity contribution in [2.45, 2.75) is 179 Å². The molecule has 0 aromatic heterocycles. The third-order valence-electron chi connectivity index (χ3n) is 15.9. The lowest BCUT2D eigenvalue weighted by molar-refractivity contribution is -0.362. The summed E-state index contributed by atoms with van der Waals surface area (Å²) in [6.45, 7) is 13.4. The molecule has 8 rings (SSSR count). The van der Waals surface area contributed by atoms with Gasteiger partial charge in [-0.15, -0.1) is 0 Å². The zero-order chi connectivity index (χ0) is 36.4. The summed E-state index contributed by atoms with van der Waals surface area (Å²) < 4.78 is 38.1. The zero-order valence-electron chi connectivity index (χ0n) is 31.1. The highest BCUT2D eigenvalue weighted by Crippen LogP contribution is 2.71. The van der Waals surface area contributed by atoms with Crippen molar-refractivity contribution < 1.29 is 58.7 Å². The summed E-state index contributed by atoms with van der Waals surface area (Å²) in [6.07, 6.45) is -5.02. The first-order valence-corrected chi connectivity index (χ1v) is 19.9. The number of aliphatic hydroxyl groups is 5. The van der Waals surface area contributed by atoms with E-state index in [2.05, 4.69) is 27.7 Å². The summed E-state index contributed by atoms with van der Waals surface area (Å²) in [6, 6.07) is 0. The van der Waals surface area contributed by atoms with Crippen LogP contribution in [0.1, 0.15) is 99.3 Å². The Hall–Kier alpha value is -0.770. The topological polar surface area (TPSA) is 174 Å². The van der Waals surface area contributed by atoms with Crippen molar-refractivity contribution in [2.24, 2.45) is 52.3 Å². The maximum atomic E-state index is 13.1. The summed E-state index contributed by atoms with van der Waals surface area (Å²) in [4.78, 5) is 13.1. The number of carbonyl (C=O) groups is 1. The van der Waals surface area contributed by atoms with Gasteiger partial charge in [0.2, 0.25) is 0 Å². The Morgan fingerprint density at radius 1 is 0.725 bits per heavy atom. The molecule has 12 heteroatoms. The molecule has 12 nitrogen and oxygen atoms in total. The predicted molar refractivity (Wildman–Crippen MR) is 181 cm³/mol. The standard InChI is InChI=1S/C39H62O12/c1-17-7-12-39(46-16-17)18(2)28-27(51-39)15-24-22-14-26(25-13-21(40)8-10-37(25,5)23(22)9-11-38(24,28)6)49-36-33(45)34(30(42)20(4)48-36)50-35-32(44)31(43)29(41)19(3)47-35/h17-20,22-36,41-45H,7-16H2,1-6H3. The predicted octanol–water partition coefficient (Wildman–Crippen LogP) is 2.68. The quantitative estimate of drug-likeness (QED) is 0.269. The summed E-state index contributed by atoms with van der Waals surface area (Å²) in [5.41, 5.74) is -0.0292. The fourth-order valence-electron chi connectivity index (χ4n) is 12.9. The van der Waals surface area contributed by atoms with Crippen LogP contribution in [0.5, 0.6) is 0 Å². The molecule has 1 spiro atoms. The molecule has 0 aromatic carbocycles. The van der Waals surface area contributed by atoms with Crippen LogP contribution in [0.3, 0.4) is 0 Å². The van der Waals surface area contributed by atoms with Gasteiger partial charge in [0.15, 0.2) is 18.4 Å². The Bertz CT molecular complexity index is 1310. The van der Waals surface area contributed by atoms with Crippen LogP contribution < -0.4 is 0 Å². The zero-order valence-corrected chi connectivity index (χ0v) is 31.1. The molecule has 8 aliphatic rings. The second-order valence-electron chi connectivity index (χ2n) is 18.6. The second kappa shape index (κ2) is 13.2. The van der Waals surface area contributed by atoms with Gasteiger partial charge in [-0.3, -0.25) is 4.79 Å². The molecule has 4 aliphatic carbocycles. The number of rotatable bonds is 4. The lowest BCUT2D eigenvalue weighted by atomic mass is 9.43. The SMILES string of the molecule is CC1CCC2(OC1)OC1CC3C4CC(OC5OC(C)C(O)C(OC6OC(C)C(O)C(O)C6O)C5O)C5CC(=O)CCC5(C)C4CCC3(C)C1C2C. The van der Waals surface area contributed by atoms with Gasteiger partial charge in [0.25, 0.3) is 0 Å². The molecule has 51 heavy (non-hydrogen) atoms. The average molecular weight is 723 g/mol. The van der Waals surface area contributed by atoms with Crippen LogP contribution in [-0.4, -0.2) is 117 Å². The van der Waals surface area contributed by atoms with Gasteiger partial charge in [-0.1, -0.05) is 27.7 Å². The van der Waals surface area contributed by atoms with Gasteiger partial charge in [-0.2, -0.15) is 0 Å². The lowest BCUT2D eigenvalue weighted by Crippen LogP contribution is -2.64. The van der Waals surface area contributed by atoms with Gasteiger partial charge in [0.05, 0.1) is 31.0 Å². The highest BCUT2D eigenvalue weighted by molar-refractivity contribution is 5.79. The van der Waals surface area contributed by atoms with Gasteiger partial charge < -0.3 is 54.0 Å². The summed E-state index contributed by atoms with van der Waals surface area (Å²) in [5.74, 6) is 2.23. The van der Waals surface area contributed by atoms with Gasteiger partial charge in [0.1, 0.15) is 42.4 Å². The summed E-state index contributed by atoms with van der Waals surface area (Å²) in [5, 5.41) is 53.9. The number of carbonyl (C=O) groups excluding carboxylic acids is 1. The monoisotopic (exact) mass is 722 g/mol. The molecule has 22 atom stereocenters. The molecule has 8 fully saturated rings. The smallest absolute Gasteiger partial charge is 0.187 e. The van der Waals surface area contributed by atoms with E-state index in [1.807, 2.05) is 0 Å². The number of hydrogen-bond acceptors (Lipinski definition) is 12. The first-order valence-electron chi connectivity index (χ1n) is 19.9. The molecule has 0 bridgehead atoms. The van der Waals surface area contributed by atoms with E-state index in [4.69, 9.17) is 28.4 Å². The molecule has 0 amide bonds. The Morgan fingerprint density at radius 3 is 2.14 bits per heavy atom. The van der Waals surface area contributed by atoms with E-state index in [0.29, 0.717) is 48.3 Å². The normalized spacial score (nSPS) is 60.0. The molecular weight excluding hydrogens is 660 g/mol. The van der Waals surface area contributed by atoms with Crippen molar-refractivity contribution in [3.8, 4) is 0 Å². The number of fused-ring (bicyclic) bond motifs is 7. The van der Waals surface area contributed by atoms with Crippen molar-refractivity contribution in [3.05, 3.63) is 0 Å². The fraction of sp³-hybridized carbons (Fsp3) is 0.974. The van der Waals surface area contributed by atoms with Crippen LogP contribution in [-0.2, 0) is 33.2 Å². The van der Waals surface area contributed by atoms with E-state index in [1.54, 1.807) is 13.8 Å². The molecule has 0 aromatic rings. The first kappa shape index (κ1) is 37.2. The van der Waals surface area contributed by atoms with Crippen LogP contribution in [0.4, 0.5) is 0 Å². The maximum Gasteiger partial charge on any atom is 0.187 e. The largest absolute Gasteiger partial charge is 0.388 e. The number of aliphatic hydroxyl groups excluding tert-OH is 5. The average Bonchev–Trinajstić information content (AvgIpc) is 3.54. The van der Waals surface area contributed by atoms with E-state index in [-0.39, 0.29) is 34.7 Å². The van der Waals surface area contributed by atoms with Crippen molar-refractivity contribution >= 4 is 5.78 Å². The van der Waals surface area contributed by atoms with Crippen LogP contribution >= 0.6 is 0 Å². The molecule has 0 radical (unpaired) electrons. The van der Waals surface area contributed by atoms with E-state index < -0.39 is 67.2 Å². The van der Waals surface area contributed by atoms with Crippen molar-refractivity contribution in [1.82, 2.24) is 0 Å². The van der Waals surface area contributed by atoms with Gasteiger partial charge >= 0.3 is 0 Å². The van der Waals surface area contributed by atoms with Gasteiger partial charge in [-0.25, -0.2) is 0 Å². The number of hydrogen-bond donors (Lipinski definition) is 5. The molecule has 290 valence electrons. The minimum atomic E-state index is -1.60. The number of ether oxygens (including phenoxy) is 6. The highest BCUT2D eigenvalue weighted by atomic mass is 16.7. The fourth-order valence-corrected chi connectivity index (χ4v) is 12.9. The van der Waals surface area contributed by atoms with E-state index >= 15 is 0 Å². The Kier molecular flexibility index (Phi) is 9.60. The van der Waals surface area contributed by atoms with Crippen LogP contribution in [0.2, 0.25) is 0 Å². The molecular formula is C39H62O12. The van der Waals surface area contributed by atoms with E-state index in [0.717, 1.165) is 51.6 Å². The van der Waals surface area contributed by atoms with Crippen LogP contribution in [0, 0.1) is 52.3 Å².